The van der Waals surface area contributed by atoms with Gasteiger partial charge < -0.3 is 10.1 Å². The van der Waals surface area contributed by atoms with Crippen molar-refractivity contribution in [3.8, 4) is 5.75 Å². The number of nitrogens with one attached hydrogen (secondary N) is 1. The van der Waals surface area contributed by atoms with E-state index in [1.54, 1.807) is 6.07 Å². The number of anilines is 1. The number of hydrogen-bond donors (Lipinski definition) is 1. The van der Waals surface area contributed by atoms with Crippen LogP contribution in [0.4, 0.5) is 5.69 Å². The molecule has 1 aromatic heterocycles. The first kappa shape index (κ1) is 14.8. The summed E-state index contributed by atoms with van der Waals surface area (Å²) in [4.78, 5) is 15.6. The molecule has 4 nitrogen and oxygen atoms in total. The van der Waals surface area contributed by atoms with Crippen LogP contribution in [0.25, 0.3) is 0 Å². The summed E-state index contributed by atoms with van der Waals surface area (Å²) in [5, 5.41) is 5.52. The van der Waals surface area contributed by atoms with Crippen LogP contribution < -0.4 is 10.1 Å². The van der Waals surface area contributed by atoms with E-state index in [1.807, 2.05) is 30.5 Å². The molecule has 0 spiro atoms. The molecule has 1 unspecified atom stereocenters. The lowest BCUT2D eigenvalue weighted by Gasteiger charge is -2.15. The molecule has 0 bridgehead atoms. The minimum atomic E-state index is -0.202. The van der Waals surface area contributed by atoms with Crippen molar-refractivity contribution >= 4 is 34.5 Å². The number of para-hydroxylation sites is 2. The molecule has 1 heterocycles. The quantitative estimate of drug-likeness (QED) is 0.850. The molecule has 1 amide bonds. The van der Waals surface area contributed by atoms with Crippen LogP contribution in [-0.4, -0.2) is 10.9 Å². The number of rotatable bonds is 5. The van der Waals surface area contributed by atoms with Crippen molar-refractivity contribution in [2.75, 3.05) is 5.32 Å². The van der Waals surface area contributed by atoms with Gasteiger partial charge in [0.2, 0.25) is 5.91 Å². The Morgan fingerprint density at radius 3 is 2.90 bits per heavy atom. The molecule has 20 heavy (non-hydrogen) atoms. The number of amides is 1. The lowest BCUT2D eigenvalue weighted by molar-refractivity contribution is -0.114. The monoisotopic (exact) mass is 310 g/mol. The third kappa shape index (κ3) is 3.71. The Labute approximate surface area is 126 Å². The van der Waals surface area contributed by atoms with E-state index >= 15 is 0 Å². The fourth-order valence-corrected chi connectivity index (χ4v) is 2.70. The van der Waals surface area contributed by atoms with Gasteiger partial charge in [-0.1, -0.05) is 12.1 Å². The molecule has 0 aliphatic rings. The first-order valence-electron chi connectivity index (χ1n) is 6.13. The summed E-state index contributed by atoms with van der Waals surface area (Å²) in [6, 6.07) is 7.32. The van der Waals surface area contributed by atoms with E-state index in [0.29, 0.717) is 17.3 Å². The average Bonchev–Trinajstić information content (AvgIpc) is 2.89. The number of hydrogen-bond acceptors (Lipinski definition) is 4. The highest BCUT2D eigenvalue weighted by Crippen LogP contribution is 2.30. The summed E-state index contributed by atoms with van der Waals surface area (Å²) in [6.45, 7) is 3.38. The van der Waals surface area contributed by atoms with Crippen molar-refractivity contribution in [2.24, 2.45) is 0 Å². The molecule has 1 atom stereocenters. The molecule has 2 rings (SSSR count). The zero-order chi connectivity index (χ0) is 14.5. The van der Waals surface area contributed by atoms with E-state index in [-0.39, 0.29) is 12.0 Å². The number of benzene rings is 1. The fraction of sp³-hybridized carbons (Fsp3) is 0.286. The Morgan fingerprint density at radius 2 is 2.25 bits per heavy atom. The second-order valence-electron chi connectivity index (χ2n) is 4.25. The highest BCUT2D eigenvalue weighted by molar-refractivity contribution is 7.09. The van der Waals surface area contributed by atoms with Crippen LogP contribution in [0.15, 0.2) is 29.6 Å². The Balaban J connectivity index is 2.14. The minimum Gasteiger partial charge on any atom is -0.481 e. The molecule has 1 N–H and O–H groups in total. The first-order chi connectivity index (χ1) is 9.60. The third-order valence-electron chi connectivity index (χ3n) is 2.56. The van der Waals surface area contributed by atoms with E-state index in [0.717, 1.165) is 10.7 Å². The smallest absolute Gasteiger partial charge is 0.221 e. The summed E-state index contributed by atoms with van der Waals surface area (Å²) in [5.74, 6) is 0.885. The van der Waals surface area contributed by atoms with Crippen molar-refractivity contribution in [1.29, 1.82) is 0 Å². The Kier molecular flexibility index (Phi) is 4.98. The zero-order valence-corrected chi connectivity index (χ0v) is 12.8. The number of carbonyl (C=O) groups is 1. The van der Waals surface area contributed by atoms with E-state index < -0.39 is 0 Å². The summed E-state index contributed by atoms with van der Waals surface area (Å²) < 4.78 is 5.88. The van der Waals surface area contributed by atoms with Gasteiger partial charge in [-0.15, -0.1) is 22.9 Å². The Hall–Kier alpha value is -1.59. The van der Waals surface area contributed by atoms with Crippen molar-refractivity contribution in [3.05, 3.63) is 40.3 Å². The lowest BCUT2D eigenvalue weighted by atomic mass is 10.3. The molecule has 0 aliphatic carbocycles. The third-order valence-corrected chi connectivity index (χ3v) is 3.88. The standard InChI is InChI=1S/C14H15ClN2O2S/c1-9(14-17-11(7-15)8-20-14)19-13-6-4-3-5-12(13)16-10(2)18/h3-6,8-9H,7H2,1-2H3,(H,16,18). The van der Waals surface area contributed by atoms with Gasteiger partial charge in [0.25, 0.3) is 0 Å². The summed E-state index contributed by atoms with van der Waals surface area (Å²) in [6.07, 6.45) is -0.202. The zero-order valence-electron chi connectivity index (χ0n) is 11.2. The summed E-state index contributed by atoms with van der Waals surface area (Å²) >= 11 is 7.26. The van der Waals surface area contributed by atoms with Gasteiger partial charge >= 0.3 is 0 Å². The Bertz CT molecular complexity index is 600. The molecular weight excluding hydrogens is 296 g/mol. The van der Waals surface area contributed by atoms with Gasteiger partial charge in [0.1, 0.15) is 16.9 Å². The number of thiazole rings is 1. The molecule has 0 aliphatic heterocycles. The van der Waals surface area contributed by atoms with Crippen molar-refractivity contribution in [1.82, 2.24) is 4.98 Å². The van der Waals surface area contributed by atoms with E-state index in [2.05, 4.69) is 10.3 Å². The molecule has 6 heteroatoms. The van der Waals surface area contributed by atoms with Crippen LogP contribution in [0.5, 0.6) is 5.75 Å². The molecule has 106 valence electrons. The normalized spacial score (nSPS) is 11.9. The van der Waals surface area contributed by atoms with Crippen LogP contribution in [0.3, 0.4) is 0 Å². The predicted octanol–water partition coefficient (Wildman–Crippen LogP) is 3.98. The van der Waals surface area contributed by atoms with Crippen LogP contribution in [0.2, 0.25) is 0 Å². The average molecular weight is 311 g/mol. The van der Waals surface area contributed by atoms with E-state index in [4.69, 9.17) is 16.3 Å². The Morgan fingerprint density at radius 1 is 1.50 bits per heavy atom. The molecule has 0 saturated carbocycles. The van der Waals surface area contributed by atoms with E-state index in [9.17, 15) is 4.79 Å². The van der Waals surface area contributed by atoms with E-state index in [1.165, 1.54) is 18.3 Å². The van der Waals surface area contributed by atoms with Crippen molar-refractivity contribution in [2.45, 2.75) is 25.8 Å². The lowest BCUT2D eigenvalue weighted by Crippen LogP contribution is -2.09. The van der Waals surface area contributed by atoms with Crippen LogP contribution in [0.1, 0.15) is 30.7 Å². The fourth-order valence-electron chi connectivity index (χ4n) is 1.67. The number of ether oxygens (including phenoxy) is 1. The number of carbonyl (C=O) groups excluding carboxylic acids is 1. The number of nitrogens with zero attached hydrogens (tertiary/aromatic N) is 1. The number of halogens is 1. The molecule has 2 aromatic rings. The van der Waals surface area contributed by atoms with Gasteiger partial charge in [0.05, 0.1) is 17.3 Å². The van der Waals surface area contributed by atoms with Gasteiger partial charge in [0, 0.05) is 12.3 Å². The minimum absolute atomic E-state index is 0.132. The highest BCUT2D eigenvalue weighted by Gasteiger charge is 2.14. The second-order valence-corrected chi connectivity index (χ2v) is 5.41. The van der Waals surface area contributed by atoms with Crippen LogP contribution in [0, 0.1) is 0 Å². The van der Waals surface area contributed by atoms with Gasteiger partial charge in [-0.25, -0.2) is 4.98 Å². The van der Waals surface area contributed by atoms with Crippen LogP contribution >= 0.6 is 22.9 Å². The van der Waals surface area contributed by atoms with Gasteiger partial charge in [-0.3, -0.25) is 4.79 Å². The number of alkyl halides is 1. The largest absolute Gasteiger partial charge is 0.481 e. The maximum absolute atomic E-state index is 11.2. The van der Waals surface area contributed by atoms with Gasteiger partial charge in [0.15, 0.2) is 0 Å². The number of aromatic nitrogens is 1. The topological polar surface area (TPSA) is 51.2 Å². The van der Waals surface area contributed by atoms with Crippen molar-refractivity contribution < 1.29 is 9.53 Å². The summed E-state index contributed by atoms with van der Waals surface area (Å²) in [7, 11) is 0. The molecule has 0 radical (unpaired) electrons. The van der Waals surface area contributed by atoms with Gasteiger partial charge in [-0.05, 0) is 19.1 Å². The van der Waals surface area contributed by atoms with Gasteiger partial charge in [-0.2, -0.15) is 0 Å². The first-order valence-corrected chi connectivity index (χ1v) is 7.55. The molecule has 0 fully saturated rings. The van der Waals surface area contributed by atoms with Crippen molar-refractivity contribution in [3.63, 3.8) is 0 Å². The van der Waals surface area contributed by atoms with Crippen LogP contribution in [-0.2, 0) is 10.7 Å². The maximum Gasteiger partial charge on any atom is 0.221 e. The second kappa shape index (κ2) is 6.72. The summed E-state index contributed by atoms with van der Waals surface area (Å²) in [5.41, 5.74) is 1.50. The molecule has 1 aromatic carbocycles. The SMILES string of the molecule is CC(=O)Nc1ccccc1OC(C)c1nc(CCl)cs1. The molecular formula is C14H15ClN2O2S. The maximum atomic E-state index is 11.2. The highest BCUT2D eigenvalue weighted by atomic mass is 35.5. The molecule has 0 saturated heterocycles. The predicted molar refractivity (Wildman–Crippen MR) is 81.5 cm³/mol.